The van der Waals surface area contributed by atoms with E-state index in [1.165, 1.54) is 0 Å². The van der Waals surface area contributed by atoms with E-state index in [0.29, 0.717) is 0 Å². The van der Waals surface area contributed by atoms with Gasteiger partial charge in [-0.2, -0.15) is 0 Å². The van der Waals surface area contributed by atoms with Gasteiger partial charge in [0.1, 0.15) is 0 Å². The molecule has 0 amide bonds. The van der Waals surface area contributed by atoms with Crippen LogP contribution in [0.4, 0.5) is 0 Å². The van der Waals surface area contributed by atoms with Crippen LogP contribution in [0.15, 0.2) is 36.5 Å². The molecule has 0 saturated heterocycles. The fourth-order valence-electron chi connectivity index (χ4n) is 2.25. The van der Waals surface area contributed by atoms with Gasteiger partial charge in [-0.05, 0) is 30.0 Å². The Labute approximate surface area is 92.7 Å². The van der Waals surface area contributed by atoms with E-state index < -0.39 is 5.97 Å². The zero-order valence-electron chi connectivity index (χ0n) is 8.63. The highest BCUT2D eigenvalue weighted by Crippen LogP contribution is 2.49. The summed E-state index contributed by atoms with van der Waals surface area (Å²) >= 11 is 0. The number of carboxylic acid groups (broad SMARTS) is 1. The fraction of sp³-hybridized carbons (Fsp3) is 0.231. The molecule has 1 saturated carbocycles. The molecule has 3 rings (SSSR count). The molecular weight excluding hydrogens is 202 g/mol. The molecule has 0 bridgehead atoms. The number of pyridine rings is 1. The molecule has 1 fully saturated rings. The number of hydrogen-bond acceptors (Lipinski definition) is 2. The summed E-state index contributed by atoms with van der Waals surface area (Å²) in [6.45, 7) is 0. The highest BCUT2D eigenvalue weighted by atomic mass is 16.4. The van der Waals surface area contributed by atoms with Gasteiger partial charge >= 0.3 is 5.97 Å². The Morgan fingerprint density at radius 3 is 2.88 bits per heavy atom. The van der Waals surface area contributed by atoms with Crippen molar-refractivity contribution >= 4 is 16.9 Å². The lowest BCUT2D eigenvalue weighted by molar-refractivity contribution is -0.138. The van der Waals surface area contributed by atoms with Gasteiger partial charge in [-0.25, -0.2) is 0 Å². The second kappa shape index (κ2) is 3.30. The van der Waals surface area contributed by atoms with Gasteiger partial charge in [-0.15, -0.1) is 0 Å². The summed E-state index contributed by atoms with van der Waals surface area (Å²) in [5.74, 6) is -0.720. The van der Waals surface area contributed by atoms with Crippen LogP contribution in [0.25, 0.3) is 10.9 Å². The molecule has 2 aromatic rings. The van der Waals surface area contributed by atoms with Crippen molar-refractivity contribution in [3.8, 4) is 0 Å². The molecule has 0 radical (unpaired) electrons. The number of benzene rings is 1. The van der Waals surface area contributed by atoms with Crippen LogP contribution < -0.4 is 0 Å². The number of carbonyl (C=O) groups is 1. The number of nitrogens with zero attached hydrogens (tertiary/aromatic N) is 1. The molecule has 3 heteroatoms. The maximum absolute atomic E-state index is 10.9. The Hall–Kier alpha value is -1.90. The molecule has 1 aromatic heterocycles. The molecule has 1 N–H and O–H groups in total. The lowest BCUT2D eigenvalue weighted by Gasteiger charge is -2.03. The lowest BCUT2D eigenvalue weighted by atomic mass is 10.0. The first kappa shape index (κ1) is 9.33. The summed E-state index contributed by atoms with van der Waals surface area (Å²) in [5.41, 5.74) is 2.06. The van der Waals surface area contributed by atoms with Crippen molar-refractivity contribution in [2.45, 2.75) is 12.3 Å². The summed E-state index contributed by atoms with van der Waals surface area (Å²) in [7, 11) is 0. The molecule has 80 valence electrons. The Bertz CT molecular complexity index is 559. The molecular formula is C13H11NO2. The summed E-state index contributed by atoms with van der Waals surface area (Å²) in [6, 6.07) is 9.81. The van der Waals surface area contributed by atoms with Gasteiger partial charge in [-0.3, -0.25) is 9.78 Å². The van der Waals surface area contributed by atoms with E-state index in [-0.39, 0.29) is 11.8 Å². The predicted molar refractivity (Wildman–Crippen MR) is 60.2 cm³/mol. The van der Waals surface area contributed by atoms with Gasteiger partial charge < -0.3 is 5.11 Å². The second-order valence-corrected chi connectivity index (χ2v) is 4.20. The van der Waals surface area contributed by atoms with E-state index in [1.54, 1.807) is 6.20 Å². The topological polar surface area (TPSA) is 50.2 Å². The Balaban J connectivity index is 2.08. The van der Waals surface area contributed by atoms with Crippen LogP contribution in [-0.4, -0.2) is 16.1 Å². The molecule has 16 heavy (non-hydrogen) atoms. The third-order valence-electron chi connectivity index (χ3n) is 3.19. The van der Waals surface area contributed by atoms with Crippen molar-refractivity contribution < 1.29 is 9.90 Å². The van der Waals surface area contributed by atoms with Gasteiger partial charge in [0, 0.05) is 11.6 Å². The van der Waals surface area contributed by atoms with E-state index in [0.717, 1.165) is 22.9 Å². The number of fused-ring (bicyclic) bond motifs is 1. The maximum atomic E-state index is 10.9. The quantitative estimate of drug-likeness (QED) is 0.833. The minimum Gasteiger partial charge on any atom is -0.481 e. The van der Waals surface area contributed by atoms with Gasteiger partial charge in [0.15, 0.2) is 0 Å². The van der Waals surface area contributed by atoms with Crippen LogP contribution in [0.3, 0.4) is 0 Å². The van der Waals surface area contributed by atoms with Gasteiger partial charge in [-0.1, -0.05) is 18.2 Å². The van der Waals surface area contributed by atoms with Crippen molar-refractivity contribution in [3.63, 3.8) is 0 Å². The summed E-state index contributed by atoms with van der Waals surface area (Å²) in [5, 5.41) is 10.0. The van der Waals surface area contributed by atoms with Crippen LogP contribution in [-0.2, 0) is 4.79 Å². The molecule has 1 heterocycles. The average Bonchev–Trinajstić information content (AvgIpc) is 3.08. The van der Waals surface area contributed by atoms with E-state index in [4.69, 9.17) is 5.11 Å². The monoisotopic (exact) mass is 213 g/mol. The number of hydrogen-bond donors (Lipinski definition) is 1. The van der Waals surface area contributed by atoms with E-state index in [2.05, 4.69) is 4.98 Å². The number of aromatic nitrogens is 1. The summed E-state index contributed by atoms with van der Waals surface area (Å²) in [6.07, 6.45) is 2.51. The minimum atomic E-state index is -0.689. The first-order chi connectivity index (χ1) is 7.77. The fourth-order valence-corrected chi connectivity index (χ4v) is 2.25. The number of rotatable bonds is 2. The summed E-state index contributed by atoms with van der Waals surface area (Å²) in [4.78, 5) is 15.1. The van der Waals surface area contributed by atoms with Crippen molar-refractivity contribution in [1.29, 1.82) is 0 Å². The van der Waals surface area contributed by atoms with Crippen LogP contribution in [0.5, 0.6) is 0 Å². The second-order valence-electron chi connectivity index (χ2n) is 4.20. The molecule has 0 spiro atoms. The maximum Gasteiger partial charge on any atom is 0.307 e. The van der Waals surface area contributed by atoms with Crippen molar-refractivity contribution in [2.24, 2.45) is 5.92 Å². The third kappa shape index (κ3) is 1.36. The molecule has 2 unspecified atom stereocenters. The molecule has 1 aromatic carbocycles. The standard InChI is InChI=1S/C13H11NO2/c15-13(16)11-7-10(11)8-5-6-14-12-4-2-1-3-9(8)12/h1-6,10-11H,7H2,(H,15,16). The molecule has 0 aliphatic heterocycles. The molecule has 1 aliphatic carbocycles. The van der Waals surface area contributed by atoms with E-state index >= 15 is 0 Å². The zero-order chi connectivity index (χ0) is 11.1. The van der Waals surface area contributed by atoms with Crippen LogP contribution in [0.2, 0.25) is 0 Å². The number of carboxylic acids is 1. The average molecular weight is 213 g/mol. The first-order valence-corrected chi connectivity index (χ1v) is 5.34. The molecule has 1 aliphatic rings. The van der Waals surface area contributed by atoms with Gasteiger partial charge in [0.05, 0.1) is 11.4 Å². The highest BCUT2D eigenvalue weighted by Gasteiger charge is 2.44. The van der Waals surface area contributed by atoms with Gasteiger partial charge in [0.25, 0.3) is 0 Å². The van der Waals surface area contributed by atoms with Crippen LogP contribution >= 0.6 is 0 Å². The Kier molecular flexibility index (Phi) is 1.93. The normalized spacial score (nSPS) is 23.2. The largest absolute Gasteiger partial charge is 0.481 e. The minimum absolute atomic E-state index is 0.172. The smallest absolute Gasteiger partial charge is 0.307 e. The predicted octanol–water partition coefficient (Wildman–Crippen LogP) is 2.42. The zero-order valence-corrected chi connectivity index (χ0v) is 8.63. The number of para-hydroxylation sites is 1. The van der Waals surface area contributed by atoms with E-state index in [1.807, 2.05) is 30.3 Å². The van der Waals surface area contributed by atoms with Crippen LogP contribution in [0.1, 0.15) is 17.9 Å². The van der Waals surface area contributed by atoms with Crippen molar-refractivity contribution in [3.05, 3.63) is 42.1 Å². The van der Waals surface area contributed by atoms with Crippen LogP contribution in [0, 0.1) is 5.92 Å². The van der Waals surface area contributed by atoms with Crippen molar-refractivity contribution in [2.75, 3.05) is 0 Å². The third-order valence-corrected chi connectivity index (χ3v) is 3.19. The molecule has 3 nitrogen and oxygen atoms in total. The Morgan fingerprint density at radius 1 is 1.31 bits per heavy atom. The highest BCUT2D eigenvalue weighted by molar-refractivity contribution is 5.85. The van der Waals surface area contributed by atoms with Crippen molar-refractivity contribution in [1.82, 2.24) is 4.98 Å². The molecule has 2 atom stereocenters. The SMILES string of the molecule is O=C(O)C1CC1c1ccnc2ccccc12. The first-order valence-electron chi connectivity index (χ1n) is 5.34. The summed E-state index contributed by atoms with van der Waals surface area (Å²) < 4.78 is 0. The Morgan fingerprint density at radius 2 is 2.12 bits per heavy atom. The van der Waals surface area contributed by atoms with E-state index in [9.17, 15) is 4.79 Å². The van der Waals surface area contributed by atoms with Gasteiger partial charge in [0.2, 0.25) is 0 Å². The lowest BCUT2D eigenvalue weighted by Crippen LogP contribution is -1.99. The number of aliphatic carboxylic acids is 1.